The van der Waals surface area contributed by atoms with Crippen LogP contribution < -0.4 is 10.6 Å². The van der Waals surface area contributed by atoms with E-state index < -0.39 is 0 Å². The summed E-state index contributed by atoms with van der Waals surface area (Å²) in [5.74, 6) is 0.440. The topological polar surface area (TPSA) is 58.9 Å². The molecule has 0 aliphatic rings. The van der Waals surface area contributed by atoms with Crippen molar-refractivity contribution >= 4 is 40.7 Å². The largest absolute Gasteiger partial charge is 0.351 e. The Morgan fingerprint density at radius 3 is 2.33 bits per heavy atom. The Labute approximate surface area is 247 Å². The van der Waals surface area contributed by atoms with Crippen molar-refractivity contribution in [2.75, 3.05) is 13.1 Å². The molecule has 1 amide bonds. The highest BCUT2D eigenvalue weighted by molar-refractivity contribution is 6.35. The summed E-state index contributed by atoms with van der Waals surface area (Å²) in [6, 6.07) is 13.2. The van der Waals surface area contributed by atoms with Crippen LogP contribution in [0.1, 0.15) is 68.4 Å². The lowest BCUT2D eigenvalue weighted by Crippen LogP contribution is -2.33. The van der Waals surface area contributed by atoms with E-state index in [4.69, 9.17) is 34.8 Å². The van der Waals surface area contributed by atoms with Gasteiger partial charge in [0, 0.05) is 33.8 Å². The van der Waals surface area contributed by atoms with Gasteiger partial charge < -0.3 is 10.6 Å². The van der Waals surface area contributed by atoms with E-state index in [-0.39, 0.29) is 5.91 Å². The molecule has 0 fully saturated rings. The van der Waals surface area contributed by atoms with Crippen LogP contribution in [0.3, 0.4) is 0 Å². The van der Waals surface area contributed by atoms with Gasteiger partial charge in [0.05, 0.1) is 16.4 Å². The number of hydrogen-bond acceptors (Lipinski definition) is 3. The number of hydrogen-bond donors (Lipinski definition) is 2. The van der Waals surface area contributed by atoms with Crippen molar-refractivity contribution in [3.63, 3.8) is 0 Å². The van der Waals surface area contributed by atoms with Gasteiger partial charge in [-0.2, -0.15) is 5.10 Å². The van der Waals surface area contributed by atoms with Crippen molar-refractivity contribution in [1.82, 2.24) is 20.4 Å². The summed E-state index contributed by atoms with van der Waals surface area (Å²) in [6.45, 7) is 11.9. The molecule has 0 aliphatic carbocycles. The van der Waals surface area contributed by atoms with Gasteiger partial charge in [-0.1, -0.05) is 79.2 Å². The molecule has 2 N–H and O–H groups in total. The number of nitrogens with zero attached hydrogens (tertiary/aromatic N) is 2. The number of carbonyl (C=O) groups excluding carboxylic acids is 1. The lowest BCUT2D eigenvalue weighted by atomic mass is 9.94. The van der Waals surface area contributed by atoms with Crippen molar-refractivity contribution in [1.29, 1.82) is 0 Å². The number of rotatable bonds is 15. The number of nitrogens with one attached hydrogen (secondary N) is 2. The zero-order valence-corrected chi connectivity index (χ0v) is 25.3. The Hall–Kier alpha value is -2.31. The van der Waals surface area contributed by atoms with Gasteiger partial charge in [0.2, 0.25) is 0 Å². The molecule has 2 aromatic carbocycles. The van der Waals surface area contributed by atoms with Gasteiger partial charge in [0.1, 0.15) is 0 Å². The quantitative estimate of drug-likeness (QED) is 0.138. The number of benzene rings is 2. The molecule has 0 radical (unpaired) electrons. The number of halogens is 3. The minimum Gasteiger partial charge on any atom is -0.351 e. The molecule has 3 rings (SSSR count). The molecule has 3 aromatic rings. The highest BCUT2D eigenvalue weighted by atomic mass is 35.5. The number of aromatic nitrogens is 2. The van der Waals surface area contributed by atoms with Gasteiger partial charge in [0.25, 0.3) is 5.91 Å². The van der Waals surface area contributed by atoms with E-state index in [9.17, 15) is 4.79 Å². The Kier molecular flexibility index (Phi) is 12.4. The van der Waals surface area contributed by atoms with Crippen LogP contribution in [0.25, 0.3) is 16.9 Å². The van der Waals surface area contributed by atoms with Gasteiger partial charge >= 0.3 is 0 Å². The van der Waals surface area contributed by atoms with E-state index in [1.165, 1.54) is 0 Å². The van der Waals surface area contributed by atoms with Crippen LogP contribution in [0, 0.1) is 12.8 Å². The molecule has 8 heteroatoms. The van der Waals surface area contributed by atoms with E-state index >= 15 is 0 Å². The first-order valence-electron chi connectivity index (χ1n) is 13.7. The Balaban J connectivity index is 1.59. The van der Waals surface area contributed by atoms with Crippen LogP contribution in [-0.4, -0.2) is 34.8 Å². The molecule has 0 spiro atoms. The monoisotopic (exact) mass is 588 g/mol. The van der Waals surface area contributed by atoms with Gasteiger partial charge in [-0.25, -0.2) is 4.68 Å². The summed E-state index contributed by atoms with van der Waals surface area (Å²) in [7, 11) is 0. The molecular weight excluding hydrogens is 551 g/mol. The van der Waals surface area contributed by atoms with Crippen LogP contribution in [-0.2, 0) is 0 Å². The third-order valence-electron chi connectivity index (χ3n) is 7.15. The minimum absolute atomic E-state index is 0.199. The maximum Gasteiger partial charge on any atom is 0.272 e. The van der Waals surface area contributed by atoms with Crippen LogP contribution >= 0.6 is 34.8 Å². The molecule has 0 bridgehead atoms. The average molecular weight is 590 g/mol. The molecule has 1 aromatic heterocycles. The lowest BCUT2D eigenvalue weighted by Gasteiger charge is -2.22. The van der Waals surface area contributed by atoms with Crippen molar-refractivity contribution in [3.05, 3.63) is 81.4 Å². The van der Waals surface area contributed by atoms with E-state index in [1.807, 2.05) is 37.3 Å². The average Bonchev–Trinajstić information content (AvgIpc) is 3.25. The van der Waals surface area contributed by atoms with E-state index in [0.717, 1.165) is 61.9 Å². The molecule has 1 heterocycles. The molecule has 5 nitrogen and oxygen atoms in total. The highest BCUT2D eigenvalue weighted by Gasteiger charge is 2.23. The van der Waals surface area contributed by atoms with E-state index in [0.29, 0.717) is 45.0 Å². The second kappa shape index (κ2) is 15.5. The maximum absolute atomic E-state index is 13.2. The fourth-order valence-electron chi connectivity index (χ4n) is 4.81. The number of unbranched alkanes of at least 4 members (excludes halogenated alkanes) is 3. The predicted octanol–water partition coefficient (Wildman–Crippen LogP) is 8.68. The first-order valence-corrected chi connectivity index (χ1v) is 14.8. The summed E-state index contributed by atoms with van der Waals surface area (Å²) in [5.41, 5.74) is 3.44. The molecule has 2 unspecified atom stereocenters. The van der Waals surface area contributed by atoms with Crippen molar-refractivity contribution in [2.24, 2.45) is 5.92 Å². The maximum atomic E-state index is 13.2. The Bertz CT molecular complexity index is 1240. The first-order chi connectivity index (χ1) is 18.8. The van der Waals surface area contributed by atoms with Gasteiger partial charge in [-0.15, -0.1) is 6.58 Å². The molecule has 39 heavy (non-hydrogen) atoms. The van der Waals surface area contributed by atoms with Crippen LogP contribution in [0.2, 0.25) is 15.1 Å². The smallest absolute Gasteiger partial charge is 0.272 e. The Morgan fingerprint density at radius 2 is 1.69 bits per heavy atom. The minimum atomic E-state index is -0.199. The van der Waals surface area contributed by atoms with E-state index in [1.54, 1.807) is 22.9 Å². The molecule has 210 valence electrons. The van der Waals surface area contributed by atoms with Crippen molar-refractivity contribution in [3.8, 4) is 16.9 Å². The molecule has 0 saturated carbocycles. The highest BCUT2D eigenvalue weighted by Crippen LogP contribution is 2.33. The zero-order chi connectivity index (χ0) is 28.4. The van der Waals surface area contributed by atoms with Crippen LogP contribution in [0.15, 0.2) is 55.1 Å². The van der Waals surface area contributed by atoms with Gasteiger partial charge in [0.15, 0.2) is 5.69 Å². The molecule has 0 saturated heterocycles. The fraction of sp³-hybridized carbons (Fsp3) is 0.419. The van der Waals surface area contributed by atoms with Gasteiger partial charge in [-0.05, 0) is 75.9 Å². The third kappa shape index (κ3) is 8.59. The third-order valence-corrected chi connectivity index (χ3v) is 7.94. The predicted molar refractivity (Wildman–Crippen MR) is 166 cm³/mol. The van der Waals surface area contributed by atoms with Crippen LogP contribution in [0.4, 0.5) is 0 Å². The number of amides is 1. The molecule has 2 atom stereocenters. The summed E-state index contributed by atoms with van der Waals surface area (Å²) in [6.07, 6.45) is 8.45. The zero-order valence-electron chi connectivity index (χ0n) is 23.1. The van der Waals surface area contributed by atoms with Crippen molar-refractivity contribution < 1.29 is 4.79 Å². The molecule has 0 aliphatic heterocycles. The summed E-state index contributed by atoms with van der Waals surface area (Å²) < 4.78 is 1.71. The Morgan fingerprint density at radius 1 is 1.03 bits per heavy atom. The fourth-order valence-corrected chi connectivity index (χ4v) is 5.42. The second-order valence-corrected chi connectivity index (χ2v) is 11.2. The van der Waals surface area contributed by atoms with Crippen LogP contribution in [0.5, 0.6) is 0 Å². The number of carbonyl (C=O) groups is 1. The lowest BCUT2D eigenvalue weighted by molar-refractivity contribution is 0.0947. The van der Waals surface area contributed by atoms with Gasteiger partial charge in [-0.3, -0.25) is 4.79 Å². The van der Waals surface area contributed by atoms with E-state index in [2.05, 4.69) is 36.2 Å². The number of allylic oxidation sites excluding steroid dienone is 1. The summed E-state index contributed by atoms with van der Waals surface area (Å²) >= 11 is 18.8. The normalized spacial score (nSPS) is 12.8. The standard InChI is InChI=1S/C31H39Cl3N4O/c1-5-11-23(6-2)22(4)35-18-9-7-8-10-19-36-31(39)29-21(3)30(24-12-14-25(32)15-13-24)38(37-29)28-17-16-26(33)20-27(28)34/h5,12-17,20,22-23,35H,1,6-11,18-19H2,2-4H3,(H,36,39). The SMILES string of the molecule is C=CCC(CC)C(C)NCCCCCCNC(=O)c1nn(-c2ccc(Cl)cc2Cl)c(-c2ccc(Cl)cc2)c1C. The summed E-state index contributed by atoms with van der Waals surface area (Å²) in [4.78, 5) is 13.2. The summed E-state index contributed by atoms with van der Waals surface area (Å²) in [5, 5.41) is 13.0. The second-order valence-electron chi connectivity index (χ2n) is 9.94. The molecular formula is C31H39Cl3N4O. The van der Waals surface area contributed by atoms with Crippen molar-refractivity contribution in [2.45, 2.75) is 65.3 Å². The first kappa shape index (κ1) is 31.2.